The van der Waals surface area contributed by atoms with Crippen molar-refractivity contribution in [1.29, 1.82) is 0 Å². The van der Waals surface area contributed by atoms with E-state index in [1.165, 1.54) is 5.56 Å². The molecule has 2 aliphatic heterocycles. The van der Waals surface area contributed by atoms with Crippen LogP contribution in [0.25, 0.3) is 0 Å². The highest BCUT2D eigenvalue weighted by Gasteiger charge is 2.24. The van der Waals surface area contributed by atoms with E-state index in [4.69, 9.17) is 5.11 Å². The van der Waals surface area contributed by atoms with Gasteiger partial charge in [0, 0.05) is 45.7 Å². The Bertz CT molecular complexity index is 614. The second kappa shape index (κ2) is 9.85. The van der Waals surface area contributed by atoms with E-state index < -0.39 is 5.97 Å². The Labute approximate surface area is 161 Å². The molecule has 0 bridgehead atoms. The van der Waals surface area contributed by atoms with Gasteiger partial charge in [0.1, 0.15) is 0 Å². The van der Waals surface area contributed by atoms with Crippen molar-refractivity contribution >= 4 is 11.9 Å². The number of carbonyl (C=O) groups excluding carboxylic acids is 1. The van der Waals surface area contributed by atoms with E-state index in [0.717, 1.165) is 65.1 Å². The van der Waals surface area contributed by atoms with Crippen molar-refractivity contribution in [3.05, 3.63) is 35.9 Å². The fraction of sp³-hybridized carbons (Fsp3) is 0.619. The minimum atomic E-state index is -0.764. The zero-order chi connectivity index (χ0) is 19.1. The molecule has 3 rings (SSSR count). The molecule has 2 saturated heterocycles. The lowest BCUT2D eigenvalue weighted by molar-refractivity contribution is -0.139. The molecule has 1 aromatic carbocycles. The summed E-state index contributed by atoms with van der Waals surface area (Å²) in [5, 5.41) is 8.95. The van der Waals surface area contributed by atoms with E-state index in [1.807, 2.05) is 15.9 Å². The summed E-state index contributed by atoms with van der Waals surface area (Å²) < 4.78 is 0. The number of piperazine rings is 1. The van der Waals surface area contributed by atoms with Crippen LogP contribution in [0.3, 0.4) is 0 Å². The molecule has 1 amide bonds. The zero-order valence-electron chi connectivity index (χ0n) is 16.1. The Balaban J connectivity index is 1.36. The van der Waals surface area contributed by atoms with E-state index in [9.17, 15) is 9.59 Å². The number of carboxylic acids is 1. The third-order valence-corrected chi connectivity index (χ3v) is 5.70. The lowest BCUT2D eigenvalue weighted by Gasteiger charge is -2.35. The van der Waals surface area contributed by atoms with Gasteiger partial charge in [-0.05, 0) is 37.3 Å². The number of carbonyl (C=O) groups is 2. The molecule has 2 aliphatic rings. The van der Waals surface area contributed by atoms with Gasteiger partial charge in [-0.1, -0.05) is 30.3 Å². The zero-order valence-corrected chi connectivity index (χ0v) is 16.1. The minimum Gasteiger partial charge on any atom is -0.480 e. The molecule has 0 saturated carbocycles. The highest BCUT2D eigenvalue weighted by Crippen LogP contribution is 2.21. The SMILES string of the molecule is O=C(O)CN1CCCC(CCC(=O)N2CCN(Cc3ccccc3)CC2)C1. The first-order chi connectivity index (χ1) is 13.1. The van der Waals surface area contributed by atoms with Crippen LogP contribution >= 0.6 is 0 Å². The summed E-state index contributed by atoms with van der Waals surface area (Å²) in [5.41, 5.74) is 1.32. The Kier molecular flexibility index (Phi) is 7.24. The smallest absolute Gasteiger partial charge is 0.317 e. The summed E-state index contributed by atoms with van der Waals surface area (Å²) in [7, 11) is 0. The van der Waals surface area contributed by atoms with Gasteiger partial charge in [-0.25, -0.2) is 0 Å². The Hall–Kier alpha value is -1.92. The number of hydrogen-bond acceptors (Lipinski definition) is 4. The van der Waals surface area contributed by atoms with Crippen LogP contribution in [0.5, 0.6) is 0 Å². The van der Waals surface area contributed by atoms with E-state index in [-0.39, 0.29) is 12.5 Å². The van der Waals surface area contributed by atoms with Gasteiger partial charge in [0.15, 0.2) is 0 Å². The molecular weight excluding hydrogens is 342 g/mol. The van der Waals surface area contributed by atoms with Crippen LogP contribution < -0.4 is 0 Å². The second-order valence-corrected chi connectivity index (χ2v) is 7.82. The van der Waals surface area contributed by atoms with E-state index in [1.54, 1.807) is 0 Å². The van der Waals surface area contributed by atoms with Gasteiger partial charge >= 0.3 is 5.97 Å². The van der Waals surface area contributed by atoms with Crippen LogP contribution in [0, 0.1) is 5.92 Å². The van der Waals surface area contributed by atoms with Gasteiger partial charge < -0.3 is 10.0 Å². The number of likely N-dealkylation sites (tertiary alicyclic amines) is 1. The third kappa shape index (κ3) is 6.33. The van der Waals surface area contributed by atoms with Crippen molar-refractivity contribution in [2.75, 3.05) is 45.8 Å². The van der Waals surface area contributed by atoms with Gasteiger partial charge in [-0.3, -0.25) is 19.4 Å². The number of amides is 1. The van der Waals surface area contributed by atoms with Crippen LogP contribution in [-0.4, -0.2) is 77.5 Å². The topological polar surface area (TPSA) is 64.1 Å². The van der Waals surface area contributed by atoms with E-state index >= 15 is 0 Å². The fourth-order valence-electron chi connectivity index (χ4n) is 4.20. The number of rotatable bonds is 7. The van der Waals surface area contributed by atoms with Gasteiger partial charge in [0.05, 0.1) is 6.54 Å². The van der Waals surface area contributed by atoms with Crippen molar-refractivity contribution < 1.29 is 14.7 Å². The van der Waals surface area contributed by atoms with Crippen molar-refractivity contribution in [2.45, 2.75) is 32.2 Å². The average Bonchev–Trinajstić information content (AvgIpc) is 2.67. The van der Waals surface area contributed by atoms with Crippen LogP contribution in [0.2, 0.25) is 0 Å². The van der Waals surface area contributed by atoms with Crippen molar-refractivity contribution in [1.82, 2.24) is 14.7 Å². The highest BCUT2D eigenvalue weighted by atomic mass is 16.4. The lowest BCUT2D eigenvalue weighted by Crippen LogP contribution is -2.48. The highest BCUT2D eigenvalue weighted by molar-refractivity contribution is 5.76. The molecule has 1 atom stereocenters. The van der Waals surface area contributed by atoms with Gasteiger partial charge in [-0.15, -0.1) is 0 Å². The monoisotopic (exact) mass is 373 g/mol. The van der Waals surface area contributed by atoms with E-state index in [2.05, 4.69) is 29.2 Å². The van der Waals surface area contributed by atoms with Gasteiger partial charge in [-0.2, -0.15) is 0 Å². The first-order valence-corrected chi connectivity index (χ1v) is 10.1. The van der Waals surface area contributed by atoms with Gasteiger partial charge in [0.2, 0.25) is 5.91 Å². The molecule has 1 aromatic rings. The molecule has 0 radical (unpaired) electrons. The number of piperidine rings is 1. The number of hydrogen-bond donors (Lipinski definition) is 1. The normalized spacial score (nSPS) is 21.9. The standard InChI is InChI=1S/C21H31N3O3/c25-20(9-8-19-7-4-10-23(16-19)17-21(26)27)24-13-11-22(12-14-24)15-18-5-2-1-3-6-18/h1-3,5-6,19H,4,7-17H2,(H,26,27). The predicted molar refractivity (Wildman–Crippen MR) is 104 cm³/mol. The fourth-order valence-corrected chi connectivity index (χ4v) is 4.20. The molecule has 2 fully saturated rings. The number of benzene rings is 1. The number of carboxylic acid groups (broad SMARTS) is 1. The van der Waals surface area contributed by atoms with Crippen LogP contribution in [-0.2, 0) is 16.1 Å². The first kappa shape index (κ1) is 19.8. The summed E-state index contributed by atoms with van der Waals surface area (Å²) in [6.45, 7) is 6.21. The lowest BCUT2D eigenvalue weighted by atomic mass is 9.93. The Morgan fingerprint density at radius 3 is 2.44 bits per heavy atom. The van der Waals surface area contributed by atoms with Crippen LogP contribution in [0.1, 0.15) is 31.2 Å². The summed E-state index contributed by atoms with van der Waals surface area (Å²) in [6.07, 6.45) is 3.60. The largest absolute Gasteiger partial charge is 0.480 e. The number of nitrogens with zero attached hydrogens (tertiary/aromatic N) is 3. The average molecular weight is 373 g/mol. The van der Waals surface area contributed by atoms with E-state index in [0.29, 0.717) is 12.3 Å². The maximum atomic E-state index is 12.6. The van der Waals surface area contributed by atoms with Crippen LogP contribution in [0.15, 0.2) is 30.3 Å². The van der Waals surface area contributed by atoms with Crippen molar-refractivity contribution in [2.24, 2.45) is 5.92 Å². The molecule has 6 nitrogen and oxygen atoms in total. The van der Waals surface area contributed by atoms with Gasteiger partial charge in [0.25, 0.3) is 0 Å². The molecule has 2 heterocycles. The molecule has 0 aromatic heterocycles. The molecule has 27 heavy (non-hydrogen) atoms. The Morgan fingerprint density at radius 1 is 1.00 bits per heavy atom. The summed E-state index contributed by atoms with van der Waals surface area (Å²) >= 11 is 0. The van der Waals surface area contributed by atoms with Crippen molar-refractivity contribution in [3.63, 3.8) is 0 Å². The second-order valence-electron chi connectivity index (χ2n) is 7.82. The molecule has 148 valence electrons. The quantitative estimate of drug-likeness (QED) is 0.791. The van der Waals surface area contributed by atoms with Crippen LogP contribution in [0.4, 0.5) is 0 Å². The molecular formula is C21H31N3O3. The molecule has 1 N–H and O–H groups in total. The summed E-state index contributed by atoms with van der Waals surface area (Å²) in [6, 6.07) is 10.5. The molecule has 6 heteroatoms. The van der Waals surface area contributed by atoms with Crippen molar-refractivity contribution in [3.8, 4) is 0 Å². The molecule has 1 unspecified atom stereocenters. The Morgan fingerprint density at radius 2 is 1.74 bits per heavy atom. The maximum Gasteiger partial charge on any atom is 0.317 e. The minimum absolute atomic E-state index is 0.119. The third-order valence-electron chi connectivity index (χ3n) is 5.70. The maximum absolute atomic E-state index is 12.6. The molecule has 0 aliphatic carbocycles. The first-order valence-electron chi connectivity index (χ1n) is 10.1. The number of aliphatic carboxylic acids is 1. The predicted octanol–water partition coefficient (Wildman–Crippen LogP) is 1.91. The summed E-state index contributed by atoms with van der Waals surface area (Å²) in [5.74, 6) is -0.0637. The summed E-state index contributed by atoms with van der Waals surface area (Å²) in [4.78, 5) is 29.9. The molecule has 0 spiro atoms.